The number of hydrogen-bond acceptors (Lipinski definition) is 1. The Morgan fingerprint density at radius 2 is 0.688 bits per heavy atom. The van der Waals surface area contributed by atoms with Crippen molar-refractivity contribution in [1.29, 1.82) is 0 Å². The molecule has 0 spiro atoms. The molecule has 0 unspecified atom stereocenters. The molecule has 2 heteroatoms. The summed E-state index contributed by atoms with van der Waals surface area (Å²) in [5.41, 5.74) is 16.1. The highest BCUT2D eigenvalue weighted by Crippen LogP contribution is 2.45. The predicted molar refractivity (Wildman–Crippen MR) is 272 cm³/mol. The van der Waals surface area contributed by atoms with Crippen LogP contribution in [0.3, 0.4) is 0 Å². The third kappa shape index (κ3) is 6.61. The maximum absolute atomic E-state index is 2.45. The van der Waals surface area contributed by atoms with Gasteiger partial charge in [0.05, 0.1) is 11.0 Å². The Hall–Kier alpha value is -8.46. The lowest BCUT2D eigenvalue weighted by Gasteiger charge is -2.28. The van der Waals surface area contributed by atoms with Gasteiger partial charge in [0.2, 0.25) is 0 Å². The topological polar surface area (TPSA) is 8.17 Å². The van der Waals surface area contributed by atoms with Crippen LogP contribution in [0.25, 0.3) is 93.5 Å². The molecule has 0 radical (unpaired) electrons. The van der Waals surface area contributed by atoms with E-state index >= 15 is 0 Å². The Kier molecular flexibility index (Phi) is 9.20. The van der Waals surface area contributed by atoms with E-state index in [-0.39, 0.29) is 0 Å². The Labute approximate surface area is 373 Å². The van der Waals surface area contributed by atoms with Crippen molar-refractivity contribution in [3.63, 3.8) is 0 Å². The average Bonchev–Trinajstić information content (AvgIpc) is 3.70. The highest BCUT2D eigenvalue weighted by molar-refractivity contribution is 6.10. The molecule has 0 aliphatic heterocycles. The number of rotatable bonds is 8. The second kappa shape index (κ2) is 15.8. The number of para-hydroxylation sites is 2. The van der Waals surface area contributed by atoms with Crippen LogP contribution in [0.4, 0.5) is 17.1 Å². The lowest BCUT2D eigenvalue weighted by atomic mass is 9.91. The number of benzene rings is 11. The van der Waals surface area contributed by atoms with Crippen molar-refractivity contribution in [2.75, 3.05) is 4.90 Å². The maximum Gasteiger partial charge on any atom is 0.0561 e. The van der Waals surface area contributed by atoms with Gasteiger partial charge in [-0.1, -0.05) is 188 Å². The molecular weight excluding hydrogens is 773 g/mol. The molecular formula is C62H42N2. The monoisotopic (exact) mass is 814 g/mol. The summed E-state index contributed by atoms with van der Waals surface area (Å²) < 4.78 is 2.41. The van der Waals surface area contributed by atoms with Gasteiger partial charge in [0.25, 0.3) is 0 Å². The van der Waals surface area contributed by atoms with E-state index in [1.165, 1.54) is 82.3 Å². The van der Waals surface area contributed by atoms with Gasteiger partial charge in [-0.15, -0.1) is 0 Å². The van der Waals surface area contributed by atoms with Crippen molar-refractivity contribution in [2.45, 2.75) is 0 Å². The highest BCUT2D eigenvalue weighted by atomic mass is 15.1. The molecule has 2 nitrogen and oxygen atoms in total. The molecule has 0 amide bonds. The second-order valence-electron chi connectivity index (χ2n) is 16.5. The fraction of sp³-hybridized carbons (Fsp3) is 0. The van der Waals surface area contributed by atoms with Crippen LogP contribution < -0.4 is 4.90 Å². The summed E-state index contributed by atoms with van der Waals surface area (Å²) in [7, 11) is 0. The van der Waals surface area contributed by atoms with Gasteiger partial charge < -0.3 is 9.47 Å². The fourth-order valence-corrected chi connectivity index (χ4v) is 9.67. The summed E-state index contributed by atoms with van der Waals surface area (Å²) in [5.74, 6) is 0. The molecule has 1 aromatic heterocycles. The zero-order valence-corrected chi connectivity index (χ0v) is 35.1. The quantitative estimate of drug-likeness (QED) is 0.148. The molecule has 0 aliphatic carbocycles. The normalized spacial score (nSPS) is 11.4. The van der Waals surface area contributed by atoms with Gasteiger partial charge in [-0.2, -0.15) is 0 Å². The van der Waals surface area contributed by atoms with Crippen LogP contribution in [-0.4, -0.2) is 4.57 Å². The van der Waals surface area contributed by atoms with Crippen molar-refractivity contribution < 1.29 is 0 Å². The SMILES string of the molecule is c1ccc(-c2ccc(N(c3ccc(-c4ccc5ccccc5c4)c(-c4ccc5ccccc5c4)c3)c3ccc4c5ccccc5n(-c5ccccc5)c4c3)cc2-c2ccccc2)cc1. The van der Waals surface area contributed by atoms with E-state index in [1.807, 2.05) is 0 Å². The molecule has 0 bridgehead atoms. The summed E-state index contributed by atoms with van der Waals surface area (Å²) in [6.45, 7) is 0. The number of aromatic nitrogens is 1. The third-order valence-corrected chi connectivity index (χ3v) is 12.7. The van der Waals surface area contributed by atoms with Crippen LogP contribution >= 0.6 is 0 Å². The van der Waals surface area contributed by atoms with Crippen molar-refractivity contribution >= 4 is 60.4 Å². The van der Waals surface area contributed by atoms with E-state index in [0.29, 0.717) is 0 Å². The molecule has 0 saturated carbocycles. The van der Waals surface area contributed by atoms with E-state index in [4.69, 9.17) is 0 Å². The van der Waals surface area contributed by atoms with Gasteiger partial charge in [0, 0.05) is 33.5 Å². The molecule has 0 N–H and O–H groups in total. The lowest BCUT2D eigenvalue weighted by Crippen LogP contribution is -2.11. The maximum atomic E-state index is 2.45. The standard InChI is InChI=1S/C62H42N2/c1-4-18-45(19-5-1)55-35-32-52(40-59(55)46-20-6-2-7-21-46)63(54-34-37-58-57-26-14-15-27-61(57)64(62(58)42-54)51-24-8-3-9-25-51)53-33-36-56(49-30-28-43-16-10-12-22-47(43)38-49)60(41-53)50-31-29-44-17-11-13-23-48(44)39-50/h1-42H. The molecule has 1 heterocycles. The van der Waals surface area contributed by atoms with Crippen molar-refractivity contribution in [3.8, 4) is 50.2 Å². The van der Waals surface area contributed by atoms with E-state index in [2.05, 4.69) is 264 Å². The Bertz CT molecular complexity index is 3660. The second-order valence-corrected chi connectivity index (χ2v) is 16.5. The van der Waals surface area contributed by atoms with Crippen molar-refractivity contribution in [3.05, 3.63) is 255 Å². The van der Waals surface area contributed by atoms with Crippen LogP contribution in [-0.2, 0) is 0 Å². The largest absolute Gasteiger partial charge is 0.310 e. The van der Waals surface area contributed by atoms with Gasteiger partial charge in [0.1, 0.15) is 0 Å². The van der Waals surface area contributed by atoms with Gasteiger partial charge in [-0.05, 0) is 133 Å². The summed E-state index contributed by atoms with van der Waals surface area (Å²) in [6.07, 6.45) is 0. The van der Waals surface area contributed by atoms with E-state index in [9.17, 15) is 0 Å². The highest BCUT2D eigenvalue weighted by Gasteiger charge is 2.21. The molecule has 12 aromatic rings. The molecule has 11 aromatic carbocycles. The zero-order chi connectivity index (χ0) is 42.4. The molecule has 0 fully saturated rings. The lowest BCUT2D eigenvalue weighted by molar-refractivity contribution is 1.18. The minimum absolute atomic E-state index is 1.07. The zero-order valence-electron chi connectivity index (χ0n) is 35.1. The van der Waals surface area contributed by atoms with Crippen molar-refractivity contribution in [1.82, 2.24) is 4.57 Å². The molecule has 64 heavy (non-hydrogen) atoms. The molecule has 0 aliphatic rings. The van der Waals surface area contributed by atoms with Crippen molar-refractivity contribution in [2.24, 2.45) is 0 Å². The smallest absolute Gasteiger partial charge is 0.0561 e. The minimum Gasteiger partial charge on any atom is -0.310 e. The van der Waals surface area contributed by atoms with Crippen LogP contribution in [0.5, 0.6) is 0 Å². The predicted octanol–water partition coefficient (Wildman–Crippen LogP) is 17.2. The molecule has 300 valence electrons. The summed E-state index contributed by atoms with van der Waals surface area (Å²) in [4.78, 5) is 2.45. The van der Waals surface area contributed by atoms with Crippen LogP contribution in [0.1, 0.15) is 0 Å². The third-order valence-electron chi connectivity index (χ3n) is 12.7. The molecule has 0 atom stereocenters. The first-order valence-corrected chi connectivity index (χ1v) is 22.0. The van der Waals surface area contributed by atoms with Crippen LogP contribution in [0.2, 0.25) is 0 Å². The van der Waals surface area contributed by atoms with Gasteiger partial charge in [-0.3, -0.25) is 0 Å². The Balaban J connectivity index is 1.13. The number of nitrogens with zero attached hydrogens (tertiary/aromatic N) is 2. The fourth-order valence-electron chi connectivity index (χ4n) is 9.67. The van der Waals surface area contributed by atoms with Crippen LogP contribution in [0.15, 0.2) is 255 Å². The first-order chi connectivity index (χ1) is 31.7. The van der Waals surface area contributed by atoms with E-state index in [0.717, 1.165) is 28.3 Å². The van der Waals surface area contributed by atoms with Crippen LogP contribution in [0, 0.1) is 0 Å². The summed E-state index contributed by atoms with van der Waals surface area (Å²) in [5, 5.41) is 7.36. The van der Waals surface area contributed by atoms with E-state index < -0.39 is 0 Å². The van der Waals surface area contributed by atoms with Gasteiger partial charge in [-0.25, -0.2) is 0 Å². The number of hydrogen-bond donors (Lipinski definition) is 0. The summed E-state index contributed by atoms with van der Waals surface area (Å²) >= 11 is 0. The first-order valence-electron chi connectivity index (χ1n) is 22.0. The molecule has 12 rings (SSSR count). The van der Waals surface area contributed by atoms with Gasteiger partial charge >= 0.3 is 0 Å². The number of fused-ring (bicyclic) bond motifs is 5. The summed E-state index contributed by atoms with van der Waals surface area (Å²) in [6, 6.07) is 93.0. The molecule has 0 saturated heterocycles. The average molecular weight is 815 g/mol. The Morgan fingerprint density at radius 1 is 0.250 bits per heavy atom. The first kappa shape index (κ1) is 37.3. The number of anilines is 3. The minimum atomic E-state index is 1.07. The van der Waals surface area contributed by atoms with E-state index in [1.54, 1.807) is 0 Å². The Morgan fingerprint density at radius 3 is 1.31 bits per heavy atom. The van der Waals surface area contributed by atoms with Gasteiger partial charge in [0.15, 0.2) is 0 Å².